The molecular formula is C45H55MgN4O5-. The third kappa shape index (κ3) is 8.08. The van der Waals surface area contributed by atoms with Crippen LogP contribution in [-0.4, -0.2) is 64.8 Å². The Hall–Kier alpha value is -4.15. The number of aliphatic hydroxyl groups excluding tert-OH is 1. The Balaban J connectivity index is 0.00000580. The third-order valence-electron chi connectivity index (χ3n) is 11.8. The number of aliphatic hydroxyl groups is 1. The second kappa shape index (κ2) is 17.3. The number of aromatic amines is 1. The fraction of sp³-hybridized carbons (Fsp3) is 0.467. The van der Waals surface area contributed by atoms with Gasteiger partial charge in [0.25, 0.3) is 0 Å². The number of ether oxygens (including phenoxy) is 2. The van der Waals surface area contributed by atoms with Gasteiger partial charge in [0.15, 0.2) is 0 Å². The van der Waals surface area contributed by atoms with Gasteiger partial charge in [-0.15, -0.1) is 22.4 Å². The Bertz CT molecular complexity index is 2300. The number of nitrogens with zero attached hydrogens (tertiary/aromatic N) is 3. The van der Waals surface area contributed by atoms with Gasteiger partial charge in [-0.2, -0.15) is 5.70 Å². The summed E-state index contributed by atoms with van der Waals surface area (Å²) < 4.78 is 11.0. The molecule has 0 saturated carbocycles. The van der Waals surface area contributed by atoms with Crippen molar-refractivity contribution >= 4 is 70.6 Å². The molecule has 1 fully saturated rings. The first kappa shape index (κ1) is 42.0. The second-order valence-corrected chi connectivity index (χ2v) is 15.6. The zero-order chi connectivity index (χ0) is 39.0. The molecule has 55 heavy (non-hydrogen) atoms. The van der Waals surface area contributed by atoms with Crippen LogP contribution in [0.4, 0.5) is 0 Å². The van der Waals surface area contributed by atoms with Crippen LogP contribution in [0.5, 0.6) is 0 Å². The summed E-state index contributed by atoms with van der Waals surface area (Å²) in [6, 6.07) is -0.560. The van der Waals surface area contributed by atoms with Crippen LogP contribution < -0.4 is 31.2 Å². The van der Waals surface area contributed by atoms with E-state index < -0.39 is 17.9 Å². The van der Waals surface area contributed by atoms with Crippen molar-refractivity contribution in [3.63, 3.8) is 0 Å². The summed E-state index contributed by atoms with van der Waals surface area (Å²) in [7, 11) is 1.33. The smallest absolute Gasteiger partial charge is 0.681 e. The average Bonchev–Trinajstić information content (AvgIpc) is 3.87. The molecule has 8 bridgehead atoms. The summed E-state index contributed by atoms with van der Waals surface area (Å²) in [4.78, 5) is 40.6. The summed E-state index contributed by atoms with van der Waals surface area (Å²) in [6.45, 7) is 21.2. The maximum absolute atomic E-state index is 13.5. The molecular weight excluding hydrogens is 701 g/mol. The molecule has 0 radical (unpaired) electrons. The van der Waals surface area contributed by atoms with Crippen molar-refractivity contribution in [3.05, 3.63) is 95.4 Å². The Morgan fingerprint density at radius 3 is 2.40 bits per heavy atom. The zero-order valence-corrected chi connectivity index (χ0v) is 35.5. The molecule has 4 atom stereocenters. The van der Waals surface area contributed by atoms with Crippen molar-refractivity contribution in [2.75, 3.05) is 13.7 Å². The number of H-pyrrole nitrogens is 1. The Morgan fingerprint density at radius 2 is 1.73 bits per heavy atom. The number of hydrogen-bond acceptors (Lipinski definition) is 5. The SMILES string of the molecule is C=Cc1c2[n-]c(c1C)/C=C1\[N-]C(C3=c4[n-]c(c(C)c4=C(O)[C@@H]3C(=O)OC)/C=c3\[nH]/c(c(C)c3CC)=C\2)[C@@H](CCC(=O)OC/C=C(\C)CCCC(C)C)[C@@H]1C.[Mg+2]. The van der Waals surface area contributed by atoms with E-state index in [1.807, 2.05) is 38.2 Å². The summed E-state index contributed by atoms with van der Waals surface area (Å²) in [5, 5.41) is 20.1. The zero-order valence-electron chi connectivity index (χ0n) is 34.1. The van der Waals surface area contributed by atoms with Gasteiger partial charge < -0.3 is 34.8 Å². The van der Waals surface area contributed by atoms with E-state index in [9.17, 15) is 14.7 Å². The van der Waals surface area contributed by atoms with E-state index in [0.717, 1.165) is 74.9 Å². The normalized spacial score (nSPS) is 22.2. The van der Waals surface area contributed by atoms with E-state index in [-0.39, 0.29) is 59.6 Å². The molecule has 6 rings (SSSR count). The first-order chi connectivity index (χ1) is 25.8. The Labute approximate surface area is 341 Å². The second-order valence-electron chi connectivity index (χ2n) is 15.6. The van der Waals surface area contributed by atoms with Gasteiger partial charge >= 0.3 is 35.0 Å². The molecule has 9 nitrogen and oxygen atoms in total. The number of esters is 2. The van der Waals surface area contributed by atoms with Crippen LogP contribution in [0.3, 0.4) is 0 Å². The minimum absolute atomic E-state index is 0. The molecule has 0 aromatic carbocycles. The number of rotatable bonds is 12. The minimum atomic E-state index is -1.06. The molecule has 0 amide bonds. The molecule has 3 aromatic rings. The van der Waals surface area contributed by atoms with Crippen LogP contribution >= 0.6 is 0 Å². The Morgan fingerprint density at radius 1 is 1.02 bits per heavy atom. The van der Waals surface area contributed by atoms with E-state index >= 15 is 0 Å². The van der Waals surface area contributed by atoms with Crippen molar-refractivity contribution in [1.29, 1.82) is 0 Å². The summed E-state index contributed by atoms with van der Waals surface area (Å²) in [6.07, 6.45) is 14.7. The molecule has 2 aliphatic heterocycles. The van der Waals surface area contributed by atoms with Gasteiger partial charge in [0.2, 0.25) is 0 Å². The van der Waals surface area contributed by atoms with Crippen LogP contribution in [0.2, 0.25) is 0 Å². The van der Waals surface area contributed by atoms with Gasteiger partial charge in [0.05, 0.1) is 7.11 Å². The van der Waals surface area contributed by atoms with E-state index in [4.69, 9.17) is 24.8 Å². The number of allylic oxidation sites excluding steroid dienone is 2. The predicted molar refractivity (Wildman–Crippen MR) is 221 cm³/mol. The van der Waals surface area contributed by atoms with Crippen molar-refractivity contribution in [2.24, 2.45) is 23.7 Å². The van der Waals surface area contributed by atoms with Crippen LogP contribution in [0.1, 0.15) is 112 Å². The van der Waals surface area contributed by atoms with E-state index in [1.54, 1.807) is 0 Å². The summed E-state index contributed by atoms with van der Waals surface area (Å²) >= 11 is 0. The molecule has 5 heterocycles. The van der Waals surface area contributed by atoms with Crippen molar-refractivity contribution < 1.29 is 24.2 Å². The van der Waals surface area contributed by atoms with E-state index in [0.29, 0.717) is 34.2 Å². The molecule has 1 saturated heterocycles. The number of hydrogen-bond donors (Lipinski definition) is 2. The summed E-state index contributed by atoms with van der Waals surface area (Å²) in [5.41, 5.74) is 9.94. The fourth-order valence-electron chi connectivity index (χ4n) is 8.52. The largest absolute Gasteiger partial charge is 2.00 e. The number of fused-ring (bicyclic) bond motifs is 8. The first-order valence-electron chi connectivity index (χ1n) is 19.4. The number of aromatic nitrogens is 3. The molecule has 2 N–H and O–H groups in total. The van der Waals surface area contributed by atoms with Crippen molar-refractivity contribution in [3.8, 4) is 0 Å². The monoisotopic (exact) mass is 755 g/mol. The van der Waals surface area contributed by atoms with E-state index in [1.165, 1.54) is 19.1 Å². The molecule has 1 aliphatic carbocycles. The van der Waals surface area contributed by atoms with E-state index in [2.05, 4.69) is 59.2 Å². The topological polar surface area (TPSA) is 131 Å². The molecule has 3 aromatic heterocycles. The van der Waals surface area contributed by atoms with Crippen LogP contribution in [-0.2, 0) is 25.5 Å². The number of carbonyl (C=O) groups is 2. The fourth-order valence-corrected chi connectivity index (χ4v) is 8.52. The molecule has 1 unspecified atom stereocenters. The van der Waals surface area contributed by atoms with Crippen molar-refractivity contribution in [1.82, 2.24) is 15.0 Å². The molecule has 288 valence electrons. The van der Waals surface area contributed by atoms with Gasteiger partial charge in [-0.25, -0.2) is 0 Å². The standard InChI is InChI=1S/C45H55N4O5.Mg/c1-11-29-25(6)32-20-34-27(8)31(16-17-38(50)54-19-18-24(5)15-13-14-23(3)4)42(48-34)40-41(45(52)53-10)44(51)39-28(9)35(49-43(39)40)22-37-30(12-2)26(7)33(47-37)21-36(29)46-32;/h11,18,20-23,27,31,41-42,47,51H,1,12-17,19H2,2-10H3;/q-3;+2/b24-18+,33-21-,34-20-,37-22-;/t27-,31-,41+,42?;/m0./s1. The molecule has 3 aliphatic rings. The molecule has 0 spiro atoms. The Kier molecular flexibility index (Phi) is 13.2. The third-order valence-corrected chi connectivity index (χ3v) is 11.8. The molecule has 10 heteroatoms. The van der Waals surface area contributed by atoms with Gasteiger partial charge in [-0.1, -0.05) is 93.3 Å². The van der Waals surface area contributed by atoms with Crippen LogP contribution in [0.15, 0.2) is 23.9 Å². The maximum Gasteiger partial charge on any atom is 2.00 e. The van der Waals surface area contributed by atoms with Crippen LogP contribution in [0.25, 0.3) is 41.0 Å². The quantitative estimate of drug-likeness (QED) is 0.144. The van der Waals surface area contributed by atoms with Gasteiger partial charge in [-0.05, 0) is 93.9 Å². The summed E-state index contributed by atoms with van der Waals surface area (Å²) in [5.74, 6) is -1.64. The van der Waals surface area contributed by atoms with Crippen molar-refractivity contribution in [2.45, 2.75) is 100.0 Å². The number of nitrogens with one attached hydrogen (secondary N) is 1. The first-order valence-corrected chi connectivity index (χ1v) is 19.4. The van der Waals surface area contributed by atoms with Gasteiger partial charge in [0.1, 0.15) is 18.3 Å². The number of carbonyl (C=O) groups excluding carboxylic acids is 2. The minimum Gasteiger partial charge on any atom is -0.681 e. The average molecular weight is 756 g/mol. The maximum atomic E-state index is 13.5. The van der Waals surface area contributed by atoms with Gasteiger partial charge in [0, 0.05) is 22.3 Å². The van der Waals surface area contributed by atoms with Crippen LogP contribution in [0, 0.1) is 44.4 Å². The predicted octanol–water partition coefficient (Wildman–Crippen LogP) is 5.41. The van der Waals surface area contributed by atoms with Gasteiger partial charge in [-0.3, -0.25) is 9.59 Å². The number of methoxy groups -OCH3 is 1.